The number of rotatable bonds is 6. The molecule has 0 bridgehead atoms. The smallest absolute Gasteiger partial charge is 0.334 e. The van der Waals surface area contributed by atoms with Gasteiger partial charge in [-0.25, -0.2) is 27.2 Å². The molecule has 0 atom stereocenters. The normalized spacial score (nSPS) is 11.9. The number of aromatic nitrogens is 6. The van der Waals surface area contributed by atoms with Crippen molar-refractivity contribution < 1.29 is 22.3 Å². The second kappa shape index (κ2) is 8.69. The standard InChI is InChI=1S/C24H23FN6O5S/c1-13-17(11-29(2)28-13)15-7-16-19(8-21(15)35-4)26-10-20-22(16)31(24(32)30(20)3)23-18(25)6-14(9-27-23)36-12-37(5,33)34/h6-11H,12H2,1-5H3. The Morgan fingerprint density at radius 2 is 1.84 bits per heavy atom. The number of fused-ring (bicyclic) bond motifs is 3. The lowest BCUT2D eigenvalue weighted by Gasteiger charge is -2.12. The molecular weight excluding hydrogens is 503 g/mol. The summed E-state index contributed by atoms with van der Waals surface area (Å²) >= 11 is 0. The van der Waals surface area contributed by atoms with Crippen molar-refractivity contribution in [3.8, 4) is 28.4 Å². The van der Waals surface area contributed by atoms with Crippen molar-refractivity contribution in [1.29, 1.82) is 0 Å². The van der Waals surface area contributed by atoms with Crippen LogP contribution in [0.1, 0.15) is 5.69 Å². The van der Waals surface area contributed by atoms with Gasteiger partial charge in [0.1, 0.15) is 11.5 Å². The minimum Gasteiger partial charge on any atom is -0.496 e. The molecule has 0 amide bonds. The van der Waals surface area contributed by atoms with Crippen LogP contribution >= 0.6 is 0 Å². The van der Waals surface area contributed by atoms with Gasteiger partial charge in [-0.15, -0.1) is 0 Å². The molecule has 0 unspecified atom stereocenters. The molecule has 13 heteroatoms. The van der Waals surface area contributed by atoms with Crippen LogP contribution in [0.15, 0.2) is 41.6 Å². The summed E-state index contributed by atoms with van der Waals surface area (Å²) in [7, 11) is 1.49. The number of ether oxygens (including phenoxy) is 2. The van der Waals surface area contributed by atoms with E-state index in [1.165, 1.54) is 21.5 Å². The average molecular weight is 527 g/mol. The fraction of sp³-hybridized carbons (Fsp3) is 0.250. The van der Waals surface area contributed by atoms with Gasteiger partial charge < -0.3 is 9.47 Å². The molecule has 5 rings (SSSR count). The summed E-state index contributed by atoms with van der Waals surface area (Å²) < 4.78 is 53.0. The maximum absolute atomic E-state index is 15.3. The predicted molar refractivity (Wildman–Crippen MR) is 135 cm³/mol. The van der Waals surface area contributed by atoms with Gasteiger partial charge in [0, 0.05) is 55.2 Å². The van der Waals surface area contributed by atoms with Crippen LogP contribution in [0.3, 0.4) is 0 Å². The van der Waals surface area contributed by atoms with E-state index < -0.39 is 27.3 Å². The maximum Gasteiger partial charge on any atom is 0.334 e. The van der Waals surface area contributed by atoms with Gasteiger partial charge in [0.25, 0.3) is 0 Å². The SMILES string of the molecule is COc1cc2ncc3c(c2cc1-c1cn(C)nc1C)n(-c1ncc(OCS(C)(=O)=O)cc1F)c(=O)n3C. The van der Waals surface area contributed by atoms with E-state index >= 15 is 4.39 Å². The van der Waals surface area contributed by atoms with E-state index in [0.717, 1.165) is 29.1 Å². The van der Waals surface area contributed by atoms with Gasteiger partial charge in [0.15, 0.2) is 27.4 Å². The highest BCUT2D eigenvalue weighted by Gasteiger charge is 2.22. The fourth-order valence-electron chi connectivity index (χ4n) is 4.30. The first kappa shape index (κ1) is 24.4. The van der Waals surface area contributed by atoms with Crippen molar-refractivity contribution in [3.05, 3.63) is 58.8 Å². The molecule has 0 N–H and O–H groups in total. The zero-order chi connectivity index (χ0) is 26.6. The fourth-order valence-corrected chi connectivity index (χ4v) is 4.65. The number of hydrogen-bond donors (Lipinski definition) is 0. The molecule has 192 valence electrons. The highest BCUT2D eigenvalue weighted by atomic mass is 32.2. The van der Waals surface area contributed by atoms with E-state index in [1.54, 1.807) is 24.9 Å². The number of hydrogen-bond acceptors (Lipinski definition) is 8. The second-order valence-corrected chi connectivity index (χ2v) is 10.8. The molecule has 0 aliphatic heterocycles. The van der Waals surface area contributed by atoms with Crippen LogP contribution in [0.5, 0.6) is 11.5 Å². The zero-order valence-electron chi connectivity index (χ0n) is 20.7. The zero-order valence-corrected chi connectivity index (χ0v) is 21.5. The summed E-state index contributed by atoms with van der Waals surface area (Å²) in [6, 6.07) is 4.59. The lowest BCUT2D eigenvalue weighted by molar-refractivity contribution is 0.373. The summed E-state index contributed by atoms with van der Waals surface area (Å²) in [5, 5.41) is 4.99. The molecule has 0 aliphatic rings. The predicted octanol–water partition coefficient (Wildman–Crippen LogP) is 2.51. The van der Waals surface area contributed by atoms with E-state index in [4.69, 9.17) is 9.47 Å². The van der Waals surface area contributed by atoms with Crippen LogP contribution in [-0.4, -0.2) is 56.6 Å². The Hall–Kier alpha value is -4.26. The molecule has 0 saturated heterocycles. The topological polar surface area (TPSA) is 123 Å². The van der Waals surface area contributed by atoms with Crippen LogP contribution in [-0.2, 0) is 23.9 Å². The van der Waals surface area contributed by atoms with Gasteiger partial charge >= 0.3 is 5.69 Å². The Labute approximate surface area is 210 Å². The number of halogens is 1. The maximum atomic E-state index is 15.3. The number of pyridine rings is 2. The van der Waals surface area contributed by atoms with Crippen molar-refractivity contribution in [1.82, 2.24) is 28.9 Å². The molecule has 37 heavy (non-hydrogen) atoms. The molecule has 0 spiro atoms. The molecule has 0 radical (unpaired) electrons. The van der Waals surface area contributed by atoms with Crippen LogP contribution in [0.25, 0.3) is 38.9 Å². The molecule has 5 aromatic rings. The van der Waals surface area contributed by atoms with E-state index in [0.29, 0.717) is 27.7 Å². The summed E-state index contributed by atoms with van der Waals surface area (Å²) in [5.41, 5.74) is 3.21. The van der Waals surface area contributed by atoms with Crippen molar-refractivity contribution in [2.24, 2.45) is 14.1 Å². The number of aryl methyl sites for hydroxylation is 3. The minimum atomic E-state index is -3.44. The van der Waals surface area contributed by atoms with E-state index in [-0.39, 0.29) is 11.6 Å². The highest BCUT2D eigenvalue weighted by molar-refractivity contribution is 7.90. The van der Waals surface area contributed by atoms with Crippen molar-refractivity contribution in [2.75, 3.05) is 19.3 Å². The minimum absolute atomic E-state index is 0.0782. The van der Waals surface area contributed by atoms with Crippen LogP contribution in [0, 0.1) is 12.7 Å². The number of sulfone groups is 1. The summed E-state index contributed by atoms with van der Waals surface area (Å²) in [6.07, 6.45) is 5.56. The summed E-state index contributed by atoms with van der Waals surface area (Å²) in [5.74, 6) is -1.26. The van der Waals surface area contributed by atoms with Gasteiger partial charge in [0.2, 0.25) is 0 Å². The van der Waals surface area contributed by atoms with Crippen molar-refractivity contribution in [2.45, 2.75) is 6.92 Å². The number of benzene rings is 1. The summed E-state index contributed by atoms with van der Waals surface area (Å²) in [4.78, 5) is 21.9. The third-order valence-electron chi connectivity index (χ3n) is 5.96. The first-order chi connectivity index (χ1) is 17.5. The first-order valence-electron chi connectivity index (χ1n) is 11.0. The van der Waals surface area contributed by atoms with Gasteiger partial charge in [-0.3, -0.25) is 14.2 Å². The molecular formula is C24H23FN6O5S. The number of nitrogens with zero attached hydrogens (tertiary/aromatic N) is 6. The lowest BCUT2D eigenvalue weighted by atomic mass is 10.0. The van der Waals surface area contributed by atoms with Gasteiger partial charge in [-0.05, 0) is 13.0 Å². The summed E-state index contributed by atoms with van der Waals surface area (Å²) in [6.45, 7) is 1.88. The molecule has 4 aromatic heterocycles. The third-order valence-corrected chi connectivity index (χ3v) is 6.50. The molecule has 11 nitrogen and oxygen atoms in total. The largest absolute Gasteiger partial charge is 0.496 e. The molecule has 0 saturated carbocycles. The van der Waals surface area contributed by atoms with E-state index in [9.17, 15) is 13.2 Å². The Morgan fingerprint density at radius 1 is 1.08 bits per heavy atom. The Morgan fingerprint density at radius 3 is 2.46 bits per heavy atom. The van der Waals surface area contributed by atoms with Gasteiger partial charge in [-0.1, -0.05) is 0 Å². The van der Waals surface area contributed by atoms with E-state index in [1.807, 2.05) is 26.2 Å². The monoisotopic (exact) mass is 526 g/mol. The molecule has 1 aromatic carbocycles. The first-order valence-corrected chi connectivity index (χ1v) is 13.1. The Balaban J connectivity index is 1.78. The van der Waals surface area contributed by atoms with Crippen LogP contribution in [0.2, 0.25) is 0 Å². The Kier molecular flexibility index (Phi) is 5.74. The van der Waals surface area contributed by atoms with Crippen LogP contribution < -0.4 is 15.2 Å². The van der Waals surface area contributed by atoms with Gasteiger partial charge in [-0.2, -0.15) is 5.10 Å². The Bertz CT molecular complexity index is 1870. The number of imidazole rings is 1. The molecule has 0 fully saturated rings. The second-order valence-electron chi connectivity index (χ2n) is 8.70. The van der Waals surface area contributed by atoms with E-state index in [2.05, 4.69) is 15.1 Å². The van der Waals surface area contributed by atoms with Gasteiger partial charge in [0.05, 0.1) is 41.7 Å². The quantitative estimate of drug-likeness (QED) is 0.331. The van der Waals surface area contributed by atoms with Crippen LogP contribution in [0.4, 0.5) is 4.39 Å². The van der Waals surface area contributed by atoms with Crippen molar-refractivity contribution in [3.63, 3.8) is 0 Å². The average Bonchev–Trinajstić information content (AvgIpc) is 3.31. The van der Waals surface area contributed by atoms with Crippen molar-refractivity contribution >= 4 is 31.8 Å². The number of methoxy groups -OCH3 is 1. The molecule has 0 aliphatic carbocycles. The third kappa shape index (κ3) is 4.20. The lowest BCUT2D eigenvalue weighted by Crippen LogP contribution is -2.22. The molecule has 4 heterocycles. The highest BCUT2D eigenvalue weighted by Crippen LogP contribution is 2.37.